The molecule has 0 bridgehead atoms. The van der Waals surface area contributed by atoms with E-state index in [-0.39, 0.29) is 24.1 Å². The molecule has 2 amide bonds. The quantitative estimate of drug-likeness (QED) is 0.774. The van der Waals surface area contributed by atoms with Crippen LogP contribution in [0.5, 0.6) is 0 Å². The summed E-state index contributed by atoms with van der Waals surface area (Å²) in [6.07, 6.45) is 2.63. The van der Waals surface area contributed by atoms with Crippen LogP contribution in [0.3, 0.4) is 0 Å². The molecule has 3 fully saturated rings. The number of benzene rings is 2. The van der Waals surface area contributed by atoms with Gasteiger partial charge in [0.1, 0.15) is 6.23 Å². The second kappa shape index (κ2) is 7.26. The zero-order valence-electron chi connectivity index (χ0n) is 16.7. The second-order valence-corrected chi connectivity index (χ2v) is 8.26. The number of fused-ring (bicyclic) bond motifs is 1. The minimum absolute atomic E-state index is 0.0672. The van der Waals surface area contributed by atoms with E-state index in [2.05, 4.69) is 18.2 Å². The molecule has 0 aliphatic carbocycles. The monoisotopic (exact) mass is 401 g/mol. The number of carbonyl (C=O) groups is 2. The largest absolute Gasteiger partial charge is 0.342 e. The van der Waals surface area contributed by atoms with E-state index < -0.39 is 5.60 Å². The Balaban J connectivity index is 1.28. The van der Waals surface area contributed by atoms with Gasteiger partial charge in [-0.3, -0.25) is 9.59 Å². The van der Waals surface area contributed by atoms with Gasteiger partial charge in [0.15, 0.2) is 5.60 Å². The van der Waals surface area contributed by atoms with Gasteiger partial charge in [0.05, 0.1) is 17.7 Å². The van der Waals surface area contributed by atoms with Crippen LogP contribution in [0.1, 0.15) is 53.2 Å². The van der Waals surface area contributed by atoms with E-state index in [1.54, 1.807) is 29.2 Å². The fourth-order valence-electron chi connectivity index (χ4n) is 4.99. The first-order valence-electron chi connectivity index (χ1n) is 10.5. The molecule has 0 saturated carbocycles. The van der Waals surface area contributed by atoms with Crippen LogP contribution in [0.25, 0.3) is 0 Å². The van der Waals surface area contributed by atoms with Gasteiger partial charge < -0.3 is 14.5 Å². The Labute approximate surface area is 175 Å². The Bertz CT molecular complexity index is 1000. The van der Waals surface area contributed by atoms with E-state index in [1.165, 1.54) is 0 Å². The minimum atomic E-state index is -0.806. The predicted molar refractivity (Wildman–Crippen MR) is 109 cm³/mol. The Morgan fingerprint density at radius 3 is 2.40 bits per heavy atom. The van der Waals surface area contributed by atoms with Crippen LogP contribution in [0, 0.1) is 11.3 Å². The summed E-state index contributed by atoms with van der Waals surface area (Å²) in [4.78, 5) is 30.0. The number of rotatable bonds is 2. The Morgan fingerprint density at radius 1 is 1.03 bits per heavy atom. The number of piperidine rings is 1. The van der Waals surface area contributed by atoms with E-state index in [0.717, 1.165) is 18.4 Å². The summed E-state index contributed by atoms with van der Waals surface area (Å²) < 4.78 is 6.34. The number of nitriles is 1. The molecule has 3 aliphatic heterocycles. The molecule has 152 valence electrons. The highest BCUT2D eigenvalue weighted by Gasteiger charge is 2.58. The number of likely N-dealkylation sites (tertiary alicyclic amines) is 1. The normalized spacial score (nSPS) is 24.7. The van der Waals surface area contributed by atoms with Gasteiger partial charge in [-0.15, -0.1) is 0 Å². The number of hydrogen-bond acceptors (Lipinski definition) is 4. The molecule has 5 rings (SSSR count). The van der Waals surface area contributed by atoms with Crippen molar-refractivity contribution in [3.8, 4) is 6.07 Å². The van der Waals surface area contributed by atoms with Crippen molar-refractivity contribution in [2.75, 3.05) is 13.1 Å². The lowest BCUT2D eigenvalue weighted by Crippen LogP contribution is -2.51. The first-order chi connectivity index (χ1) is 14.6. The van der Waals surface area contributed by atoms with Crippen molar-refractivity contribution in [1.29, 1.82) is 5.26 Å². The number of nitrogens with zero attached hydrogens (tertiary/aromatic N) is 3. The predicted octanol–water partition coefficient (Wildman–Crippen LogP) is 3.25. The zero-order valence-corrected chi connectivity index (χ0v) is 16.7. The lowest BCUT2D eigenvalue weighted by molar-refractivity contribution is -0.142. The van der Waals surface area contributed by atoms with Gasteiger partial charge in [0, 0.05) is 31.5 Å². The summed E-state index contributed by atoms with van der Waals surface area (Å²) in [6.45, 7) is 0.974. The van der Waals surface area contributed by atoms with Crippen LogP contribution in [-0.2, 0) is 9.53 Å². The lowest BCUT2D eigenvalue weighted by Gasteiger charge is -2.37. The standard InChI is InChI=1S/C24H23N3O3/c25-16-17-6-8-19(9-7-17)22(28)26-14-12-24(13-15-26)23(29)27-20(10-11-21(27)30-24)18-4-2-1-3-5-18/h1-9,20-21H,10-15H2/t20-,21+/m0/s1. The van der Waals surface area contributed by atoms with Crippen LogP contribution in [0.4, 0.5) is 0 Å². The fraction of sp³-hybridized carbons (Fsp3) is 0.375. The average molecular weight is 401 g/mol. The van der Waals surface area contributed by atoms with Crippen LogP contribution in [-0.4, -0.2) is 46.5 Å². The van der Waals surface area contributed by atoms with E-state index >= 15 is 0 Å². The third kappa shape index (κ3) is 2.98. The van der Waals surface area contributed by atoms with E-state index in [9.17, 15) is 9.59 Å². The first kappa shape index (κ1) is 18.8. The van der Waals surface area contributed by atoms with Crippen LogP contribution in [0.15, 0.2) is 54.6 Å². The smallest absolute Gasteiger partial charge is 0.257 e. The highest BCUT2D eigenvalue weighted by Crippen LogP contribution is 2.47. The third-order valence-corrected chi connectivity index (χ3v) is 6.62. The molecule has 0 radical (unpaired) electrons. The Kier molecular flexibility index (Phi) is 4.56. The molecule has 0 N–H and O–H groups in total. The van der Waals surface area contributed by atoms with Gasteiger partial charge in [0.25, 0.3) is 11.8 Å². The molecule has 2 aromatic carbocycles. The molecule has 2 aromatic rings. The topological polar surface area (TPSA) is 73.6 Å². The number of hydrogen-bond donors (Lipinski definition) is 0. The van der Waals surface area contributed by atoms with E-state index in [0.29, 0.717) is 37.1 Å². The van der Waals surface area contributed by atoms with Gasteiger partial charge in [0.2, 0.25) is 0 Å². The third-order valence-electron chi connectivity index (χ3n) is 6.62. The van der Waals surface area contributed by atoms with Gasteiger partial charge in [-0.05, 0) is 42.7 Å². The SMILES string of the molecule is N#Cc1ccc(C(=O)N2CCC3(CC2)O[C@@H]2CC[C@@H](c4ccccc4)N2C3=O)cc1. The molecule has 30 heavy (non-hydrogen) atoms. The first-order valence-corrected chi connectivity index (χ1v) is 10.5. The van der Waals surface area contributed by atoms with Crippen molar-refractivity contribution in [2.45, 2.75) is 43.6 Å². The summed E-state index contributed by atoms with van der Waals surface area (Å²) >= 11 is 0. The fourth-order valence-corrected chi connectivity index (χ4v) is 4.99. The van der Waals surface area contributed by atoms with Crippen LogP contribution < -0.4 is 0 Å². The highest BCUT2D eigenvalue weighted by atomic mass is 16.6. The van der Waals surface area contributed by atoms with Gasteiger partial charge in [-0.25, -0.2) is 0 Å². The molecule has 1 spiro atoms. The summed E-state index contributed by atoms with van der Waals surface area (Å²) in [7, 11) is 0. The molecule has 0 aromatic heterocycles. The maximum Gasteiger partial charge on any atom is 0.257 e. The van der Waals surface area contributed by atoms with Crippen molar-refractivity contribution in [3.05, 3.63) is 71.3 Å². The molecule has 3 heterocycles. The minimum Gasteiger partial charge on any atom is -0.342 e. The lowest BCUT2D eigenvalue weighted by atomic mass is 9.89. The summed E-state index contributed by atoms with van der Waals surface area (Å²) in [5.41, 5.74) is 1.44. The van der Waals surface area contributed by atoms with Crippen molar-refractivity contribution < 1.29 is 14.3 Å². The maximum atomic E-state index is 13.4. The van der Waals surface area contributed by atoms with Gasteiger partial charge in [-0.2, -0.15) is 5.26 Å². The van der Waals surface area contributed by atoms with E-state index in [4.69, 9.17) is 10.00 Å². The van der Waals surface area contributed by atoms with Crippen LogP contribution >= 0.6 is 0 Å². The zero-order chi connectivity index (χ0) is 20.7. The molecule has 3 saturated heterocycles. The number of carbonyl (C=O) groups excluding carboxylic acids is 2. The van der Waals surface area contributed by atoms with Crippen molar-refractivity contribution in [1.82, 2.24) is 9.80 Å². The molecular weight excluding hydrogens is 378 g/mol. The Morgan fingerprint density at radius 2 is 1.73 bits per heavy atom. The second-order valence-electron chi connectivity index (χ2n) is 8.26. The maximum absolute atomic E-state index is 13.4. The molecule has 0 unspecified atom stereocenters. The molecule has 2 atom stereocenters. The summed E-state index contributed by atoms with van der Waals surface area (Å²) in [5.74, 6) is 0.00627. The van der Waals surface area contributed by atoms with Gasteiger partial charge in [-0.1, -0.05) is 30.3 Å². The molecule has 3 aliphatic rings. The molecule has 6 heteroatoms. The summed E-state index contributed by atoms with van der Waals surface area (Å²) in [5, 5.41) is 8.92. The van der Waals surface area contributed by atoms with Gasteiger partial charge >= 0.3 is 0 Å². The highest BCUT2D eigenvalue weighted by molar-refractivity contribution is 5.95. The van der Waals surface area contributed by atoms with Crippen molar-refractivity contribution in [3.63, 3.8) is 0 Å². The number of amides is 2. The average Bonchev–Trinajstić information content (AvgIpc) is 3.32. The van der Waals surface area contributed by atoms with Crippen molar-refractivity contribution in [2.24, 2.45) is 0 Å². The number of ether oxygens (including phenoxy) is 1. The van der Waals surface area contributed by atoms with Crippen LogP contribution in [0.2, 0.25) is 0 Å². The molecular formula is C24H23N3O3. The molecule has 6 nitrogen and oxygen atoms in total. The Hall–Kier alpha value is -3.17. The van der Waals surface area contributed by atoms with Crippen molar-refractivity contribution >= 4 is 11.8 Å². The van der Waals surface area contributed by atoms with E-state index in [1.807, 2.05) is 23.1 Å². The summed E-state index contributed by atoms with van der Waals surface area (Å²) in [6, 6.07) is 19.0.